The Balaban J connectivity index is 1.79. The maximum atomic E-state index is 4.79. The molecule has 0 atom stereocenters. The molecule has 0 unspecified atom stereocenters. The van der Waals surface area contributed by atoms with Gasteiger partial charge in [-0.15, -0.1) is 10.2 Å². The Bertz CT molecular complexity index is 1060. The van der Waals surface area contributed by atoms with Crippen LogP contribution in [0.5, 0.6) is 0 Å². The van der Waals surface area contributed by atoms with Gasteiger partial charge in [0, 0.05) is 16.8 Å². The first kappa shape index (κ1) is 16.9. The summed E-state index contributed by atoms with van der Waals surface area (Å²) in [6, 6.07) is 26.3. The van der Waals surface area contributed by atoms with E-state index in [1.165, 1.54) is 5.56 Å². The quantitative estimate of drug-likeness (QED) is 0.522. The summed E-state index contributed by atoms with van der Waals surface area (Å²) in [5, 5.41) is 12.1. The number of aromatic nitrogens is 3. The molecule has 0 radical (unpaired) electrons. The van der Waals surface area contributed by atoms with Gasteiger partial charge in [0.05, 0.1) is 0 Å². The fourth-order valence-electron chi connectivity index (χ4n) is 3.04. The van der Waals surface area contributed by atoms with Crippen molar-refractivity contribution in [3.63, 3.8) is 0 Å². The molecule has 132 valence electrons. The third-order valence-corrected chi connectivity index (χ3v) is 4.41. The highest BCUT2D eigenvalue weighted by molar-refractivity contribution is 5.78. The molecule has 0 fully saturated rings. The van der Waals surface area contributed by atoms with E-state index < -0.39 is 0 Å². The summed E-state index contributed by atoms with van der Waals surface area (Å²) in [4.78, 5) is 4.79. The number of nitrogens with zero attached hydrogens (tertiary/aromatic N) is 3. The van der Waals surface area contributed by atoms with Crippen LogP contribution in [0.3, 0.4) is 0 Å². The van der Waals surface area contributed by atoms with E-state index in [0.717, 1.165) is 33.8 Å². The lowest BCUT2D eigenvalue weighted by Crippen LogP contribution is -2.04. The zero-order chi connectivity index (χ0) is 18.6. The molecular weight excluding hydrogens is 332 g/mol. The van der Waals surface area contributed by atoms with Crippen molar-refractivity contribution in [2.24, 2.45) is 0 Å². The maximum absolute atomic E-state index is 4.79. The van der Waals surface area contributed by atoms with Gasteiger partial charge < -0.3 is 5.32 Å². The van der Waals surface area contributed by atoms with Crippen molar-refractivity contribution in [2.45, 2.75) is 13.8 Å². The number of benzene rings is 3. The summed E-state index contributed by atoms with van der Waals surface area (Å²) >= 11 is 0. The summed E-state index contributed by atoms with van der Waals surface area (Å²) < 4.78 is 0. The SMILES string of the molecule is Cc1ccc(Nc2nnc(-c3ccccc3)c(-c3ccccc3)n2)c(C)c1. The predicted molar refractivity (Wildman–Crippen MR) is 110 cm³/mol. The van der Waals surface area contributed by atoms with Crippen LogP contribution in [0.15, 0.2) is 78.9 Å². The van der Waals surface area contributed by atoms with Crippen molar-refractivity contribution < 1.29 is 0 Å². The topological polar surface area (TPSA) is 50.7 Å². The standard InChI is InChI=1S/C23H20N4/c1-16-13-14-20(17(2)15-16)24-23-25-21(18-9-5-3-6-10-18)22(26-27-23)19-11-7-4-8-12-19/h3-15H,1-2H3,(H,24,25,27). The minimum Gasteiger partial charge on any atom is -0.323 e. The van der Waals surface area contributed by atoms with E-state index >= 15 is 0 Å². The second-order valence-corrected chi connectivity index (χ2v) is 6.51. The van der Waals surface area contributed by atoms with Gasteiger partial charge in [-0.25, -0.2) is 4.98 Å². The van der Waals surface area contributed by atoms with Crippen LogP contribution in [-0.4, -0.2) is 15.2 Å². The monoisotopic (exact) mass is 352 g/mol. The second kappa shape index (κ2) is 7.38. The first-order valence-electron chi connectivity index (χ1n) is 8.90. The van der Waals surface area contributed by atoms with Crippen LogP contribution >= 0.6 is 0 Å². The normalized spacial score (nSPS) is 10.6. The van der Waals surface area contributed by atoms with E-state index in [1.807, 2.05) is 66.7 Å². The average Bonchev–Trinajstić information content (AvgIpc) is 2.71. The van der Waals surface area contributed by atoms with Gasteiger partial charge in [0.25, 0.3) is 0 Å². The van der Waals surface area contributed by atoms with Crippen molar-refractivity contribution >= 4 is 11.6 Å². The summed E-state index contributed by atoms with van der Waals surface area (Å²) in [5.74, 6) is 0.487. The molecule has 0 saturated heterocycles. The predicted octanol–water partition coefficient (Wildman–Crippen LogP) is 5.57. The first-order valence-corrected chi connectivity index (χ1v) is 8.90. The first-order chi connectivity index (χ1) is 13.2. The molecule has 4 nitrogen and oxygen atoms in total. The second-order valence-electron chi connectivity index (χ2n) is 6.51. The number of rotatable bonds is 4. The summed E-state index contributed by atoms with van der Waals surface area (Å²) in [6.07, 6.45) is 0. The Morgan fingerprint density at radius 1 is 0.667 bits per heavy atom. The molecule has 0 aliphatic heterocycles. The number of hydrogen-bond acceptors (Lipinski definition) is 4. The van der Waals surface area contributed by atoms with Gasteiger partial charge in [-0.05, 0) is 25.5 Å². The molecule has 4 rings (SSSR count). The smallest absolute Gasteiger partial charge is 0.247 e. The van der Waals surface area contributed by atoms with Gasteiger partial charge in [-0.1, -0.05) is 78.4 Å². The number of aryl methyl sites for hydroxylation is 2. The summed E-state index contributed by atoms with van der Waals surface area (Å²) in [6.45, 7) is 4.15. The molecule has 0 saturated carbocycles. The van der Waals surface area contributed by atoms with Crippen LogP contribution in [0.1, 0.15) is 11.1 Å². The van der Waals surface area contributed by atoms with E-state index in [1.54, 1.807) is 0 Å². The summed E-state index contributed by atoms with van der Waals surface area (Å²) in [7, 11) is 0. The molecule has 1 aromatic heterocycles. The third-order valence-electron chi connectivity index (χ3n) is 4.41. The lowest BCUT2D eigenvalue weighted by Gasteiger charge is -2.12. The van der Waals surface area contributed by atoms with Crippen molar-refractivity contribution in [3.05, 3.63) is 90.0 Å². The highest BCUT2D eigenvalue weighted by Gasteiger charge is 2.13. The Morgan fingerprint density at radius 3 is 1.93 bits per heavy atom. The molecule has 4 heteroatoms. The van der Waals surface area contributed by atoms with E-state index in [9.17, 15) is 0 Å². The van der Waals surface area contributed by atoms with Crippen molar-refractivity contribution in [1.29, 1.82) is 0 Å². The molecule has 0 bridgehead atoms. The fourth-order valence-corrected chi connectivity index (χ4v) is 3.04. The maximum Gasteiger partial charge on any atom is 0.247 e. The van der Waals surface area contributed by atoms with E-state index in [0.29, 0.717) is 5.95 Å². The number of nitrogens with one attached hydrogen (secondary N) is 1. The molecule has 0 aliphatic carbocycles. The highest BCUT2D eigenvalue weighted by Crippen LogP contribution is 2.29. The van der Waals surface area contributed by atoms with Crippen LogP contribution in [-0.2, 0) is 0 Å². The molecule has 0 aliphatic rings. The van der Waals surface area contributed by atoms with Crippen LogP contribution in [0.2, 0.25) is 0 Å². The summed E-state index contributed by atoms with van der Waals surface area (Å²) in [5.41, 5.74) is 6.93. The Hall–Kier alpha value is -3.53. The largest absolute Gasteiger partial charge is 0.323 e. The van der Waals surface area contributed by atoms with Gasteiger partial charge in [-0.2, -0.15) is 0 Å². The molecule has 27 heavy (non-hydrogen) atoms. The Kier molecular flexibility index (Phi) is 4.62. The van der Waals surface area contributed by atoms with Crippen molar-refractivity contribution in [2.75, 3.05) is 5.32 Å². The Morgan fingerprint density at radius 2 is 1.30 bits per heavy atom. The molecule has 0 amide bonds. The zero-order valence-corrected chi connectivity index (χ0v) is 15.3. The molecule has 4 aromatic rings. The number of anilines is 2. The Labute approximate surface area is 159 Å². The van der Waals surface area contributed by atoms with E-state index in [-0.39, 0.29) is 0 Å². The minimum atomic E-state index is 0.487. The van der Waals surface area contributed by atoms with Crippen LogP contribution in [0.25, 0.3) is 22.5 Å². The van der Waals surface area contributed by atoms with E-state index in [4.69, 9.17) is 4.98 Å². The third kappa shape index (κ3) is 3.70. The van der Waals surface area contributed by atoms with Crippen LogP contribution in [0.4, 0.5) is 11.6 Å². The van der Waals surface area contributed by atoms with Gasteiger partial charge in [0.1, 0.15) is 11.4 Å². The molecule has 1 N–H and O–H groups in total. The molecular formula is C23H20N4. The minimum absolute atomic E-state index is 0.487. The van der Waals surface area contributed by atoms with Gasteiger partial charge in [0.2, 0.25) is 5.95 Å². The van der Waals surface area contributed by atoms with Gasteiger partial charge in [0.15, 0.2) is 0 Å². The fraction of sp³-hybridized carbons (Fsp3) is 0.0870. The lowest BCUT2D eigenvalue weighted by molar-refractivity contribution is 0.989. The lowest BCUT2D eigenvalue weighted by atomic mass is 10.0. The zero-order valence-electron chi connectivity index (χ0n) is 15.3. The molecule has 1 heterocycles. The number of hydrogen-bond donors (Lipinski definition) is 1. The molecule has 0 spiro atoms. The molecule has 3 aromatic carbocycles. The highest BCUT2D eigenvalue weighted by atomic mass is 15.2. The van der Waals surface area contributed by atoms with Crippen LogP contribution in [0, 0.1) is 13.8 Å². The van der Waals surface area contributed by atoms with Crippen molar-refractivity contribution in [1.82, 2.24) is 15.2 Å². The van der Waals surface area contributed by atoms with Crippen molar-refractivity contribution in [3.8, 4) is 22.5 Å². The van der Waals surface area contributed by atoms with Gasteiger partial charge in [-0.3, -0.25) is 0 Å². The average molecular weight is 352 g/mol. The van der Waals surface area contributed by atoms with Gasteiger partial charge >= 0.3 is 0 Å². The van der Waals surface area contributed by atoms with Crippen LogP contribution < -0.4 is 5.32 Å². The van der Waals surface area contributed by atoms with E-state index in [2.05, 4.69) is 41.5 Å².